The summed E-state index contributed by atoms with van der Waals surface area (Å²) in [6, 6.07) is 4.22. The normalized spacial score (nSPS) is 21.7. The fourth-order valence-corrected chi connectivity index (χ4v) is 2.38. The van der Waals surface area contributed by atoms with Crippen LogP contribution in [0.15, 0.2) is 29.4 Å². The molecular formula is C15H16F4N2O2. The summed E-state index contributed by atoms with van der Waals surface area (Å²) < 4.78 is 53.0. The van der Waals surface area contributed by atoms with Gasteiger partial charge in [0.25, 0.3) is 11.6 Å². The minimum atomic E-state index is -5.09. The maximum absolute atomic E-state index is 13.3. The first kappa shape index (κ1) is 17.4. The van der Waals surface area contributed by atoms with Gasteiger partial charge < -0.3 is 5.11 Å². The second-order valence-electron chi connectivity index (χ2n) is 5.88. The van der Waals surface area contributed by atoms with Gasteiger partial charge in [-0.25, -0.2) is 4.39 Å². The van der Waals surface area contributed by atoms with Gasteiger partial charge in [0.05, 0.1) is 0 Å². The molecule has 23 heavy (non-hydrogen) atoms. The molecule has 1 atom stereocenters. The molecule has 1 aliphatic rings. The summed E-state index contributed by atoms with van der Waals surface area (Å²) in [6.45, 7) is 3.57. The fraction of sp³-hybridized carbons (Fsp3) is 0.467. The van der Waals surface area contributed by atoms with Gasteiger partial charge in [0.15, 0.2) is 0 Å². The lowest BCUT2D eigenvalue weighted by atomic mass is 9.99. The van der Waals surface area contributed by atoms with Gasteiger partial charge in [0.1, 0.15) is 5.82 Å². The molecule has 0 spiro atoms. The van der Waals surface area contributed by atoms with E-state index in [2.05, 4.69) is 5.10 Å². The van der Waals surface area contributed by atoms with Crippen LogP contribution < -0.4 is 0 Å². The maximum atomic E-state index is 13.3. The Morgan fingerprint density at radius 3 is 2.61 bits per heavy atom. The van der Waals surface area contributed by atoms with Crippen molar-refractivity contribution in [3.63, 3.8) is 0 Å². The molecule has 1 amide bonds. The average molecular weight is 332 g/mol. The number of carbonyl (C=O) groups excluding carboxylic acids is 1. The van der Waals surface area contributed by atoms with E-state index in [9.17, 15) is 27.5 Å². The second kappa shape index (κ2) is 5.92. The van der Waals surface area contributed by atoms with Crippen molar-refractivity contribution in [3.05, 3.63) is 35.6 Å². The van der Waals surface area contributed by atoms with Gasteiger partial charge in [-0.1, -0.05) is 19.9 Å². The highest BCUT2D eigenvalue weighted by atomic mass is 19.4. The van der Waals surface area contributed by atoms with Crippen molar-refractivity contribution in [3.8, 4) is 0 Å². The smallest absolute Gasteiger partial charge is 0.362 e. The second-order valence-corrected chi connectivity index (χ2v) is 5.88. The summed E-state index contributed by atoms with van der Waals surface area (Å²) in [5.41, 5.74) is -3.66. The van der Waals surface area contributed by atoms with Gasteiger partial charge >= 0.3 is 6.18 Å². The zero-order chi connectivity index (χ0) is 17.4. The largest absolute Gasteiger partial charge is 0.438 e. The molecule has 1 N–H and O–H groups in total. The molecule has 0 radical (unpaired) electrons. The lowest BCUT2D eigenvalue weighted by Crippen LogP contribution is -2.56. The third-order valence-electron chi connectivity index (χ3n) is 3.40. The molecule has 0 aromatic heterocycles. The van der Waals surface area contributed by atoms with Crippen LogP contribution in [-0.4, -0.2) is 33.6 Å². The van der Waals surface area contributed by atoms with Gasteiger partial charge in [0.2, 0.25) is 0 Å². The van der Waals surface area contributed by atoms with Gasteiger partial charge in [-0.2, -0.15) is 23.3 Å². The van der Waals surface area contributed by atoms with Crippen LogP contribution in [0.5, 0.6) is 0 Å². The number of halogens is 4. The molecule has 1 heterocycles. The minimum absolute atomic E-state index is 0.00968. The summed E-state index contributed by atoms with van der Waals surface area (Å²) in [6.07, 6.45) is -5.68. The monoisotopic (exact) mass is 332 g/mol. The van der Waals surface area contributed by atoms with Crippen molar-refractivity contribution >= 4 is 11.6 Å². The van der Waals surface area contributed by atoms with Crippen LogP contribution in [0.2, 0.25) is 0 Å². The predicted octanol–water partition coefficient (Wildman–Crippen LogP) is 3.32. The summed E-state index contributed by atoms with van der Waals surface area (Å²) in [5.74, 6) is -1.96. The van der Waals surface area contributed by atoms with Crippen LogP contribution in [0, 0.1) is 11.7 Å². The van der Waals surface area contributed by atoms with E-state index < -0.39 is 30.0 Å². The number of hydrogen-bond acceptors (Lipinski definition) is 3. The van der Waals surface area contributed by atoms with Crippen LogP contribution in [0.25, 0.3) is 0 Å². The highest BCUT2D eigenvalue weighted by Gasteiger charge is 2.63. The van der Waals surface area contributed by atoms with Crippen molar-refractivity contribution in [2.24, 2.45) is 11.0 Å². The van der Waals surface area contributed by atoms with E-state index in [1.165, 1.54) is 6.07 Å². The molecular weight excluding hydrogens is 316 g/mol. The Balaban J connectivity index is 2.41. The first-order chi connectivity index (χ1) is 10.5. The van der Waals surface area contributed by atoms with E-state index in [0.29, 0.717) is 0 Å². The summed E-state index contributed by atoms with van der Waals surface area (Å²) >= 11 is 0. The highest BCUT2D eigenvalue weighted by molar-refractivity contribution is 5.98. The van der Waals surface area contributed by atoms with Crippen LogP contribution >= 0.6 is 0 Å². The SMILES string of the molecule is CC(C)CC1=NN(C(=O)c2cccc(F)c2)[C@](O)(C(F)(F)F)C1. The molecule has 1 aromatic rings. The molecule has 4 nitrogen and oxygen atoms in total. The zero-order valence-corrected chi connectivity index (χ0v) is 12.6. The first-order valence-corrected chi connectivity index (χ1v) is 7.00. The Morgan fingerprint density at radius 1 is 1.43 bits per heavy atom. The molecule has 0 fully saturated rings. The van der Waals surface area contributed by atoms with Crippen molar-refractivity contribution in [1.29, 1.82) is 0 Å². The summed E-state index contributed by atoms with van der Waals surface area (Å²) in [5, 5.41) is 13.7. The lowest BCUT2D eigenvalue weighted by molar-refractivity contribution is -0.297. The molecule has 0 unspecified atom stereocenters. The Morgan fingerprint density at radius 2 is 2.09 bits per heavy atom. The number of alkyl halides is 3. The molecule has 8 heteroatoms. The molecule has 0 aliphatic carbocycles. The Kier molecular flexibility index (Phi) is 4.48. The third-order valence-corrected chi connectivity index (χ3v) is 3.40. The van der Waals surface area contributed by atoms with Crippen LogP contribution in [0.3, 0.4) is 0 Å². The van der Waals surface area contributed by atoms with Crippen LogP contribution in [-0.2, 0) is 0 Å². The Labute approximate surface area is 130 Å². The number of hydrogen-bond donors (Lipinski definition) is 1. The molecule has 2 rings (SSSR count). The maximum Gasteiger partial charge on any atom is 0.438 e. The summed E-state index contributed by atoms with van der Waals surface area (Å²) in [4.78, 5) is 12.3. The molecule has 0 bridgehead atoms. The van der Waals surface area contributed by atoms with E-state index in [1.54, 1.807) is 13.8 Å². The van der Waals surface area contributed by atoms with Crippen molar-refractivity contribution in [2.75, 3.05) is 0 Å². The van der Waals surface area contributed by atoms with Gasteiger partial charge in [0, 0.05) is 17.7 Å². The van der Waals surface area contributed by atoms with Gasteiger partial charge in [-0.3, -0.25) is 4.79 Å². The van der Waals surface area contributed by atoms with Crippen LogP contribution in [0.1, 0.15) is 37.0 Å². The number of nitrogens with zero attached hydrogens (tertiary/aromatic N) is 2. The van der Waals surface area contributed by atoms with E-state index >= 15 is 0 Å². The molecule has 1 aliphatic heterocycles. The first-order valence-electron chi connectivity index (χ1n) is 7.00. The van der Waals surface area contributed by atoms with Gasteiger partial charge in [-0.05, 0) is 30.5 Å². The number of amides is 1. The third kappa shape index (κ3) is 3.36. The molecule has 126 valence electrons. The van der Waals surface area contributed by atoms with Crippen molar-refractivity contribution in [1.82, 2.24) is 5.01 Å². The molecule has 1 aromatic carbocycles. The van der Waals surface area contributed by atoms with Crippen molar-refractivity contribution in [2.45, 2.75) is 38.6 Å². The topological polar surface area (TPSA) is 52.9 Å². The molecule has 0 saturated heterocycles. The number of carbonyl (C=O) groups is 1. The quantitative estimate of drug-likeness (QED) is 0.863. The summed E-state index contributed by atoms with van der Waals surface area (Å²) in [7, 11) is 0. The van der Waals surface area contributed by atoms with E-state index in [0.717, 1.165) is 18.2 Å². The van der Waals surface area contributed by atoms with Crippen molar-refractivity contribution < 1.29 is 27.5 Å². The number of hydrazone groups is 1. The van der Waals surface area contributed by atoms with E-state index in [4.69, 9.17) is 0 Å². The minimum Gasteiger partial charge on any atom is -0.362 e. The highest BCUT2D eigenvalue weighted by Crippen LogP contribution is 2.41. The number of aliphatic hydroxyl groups is 1. The fourth-order valence-electron chi connectivity index (χ4n) is 2.38. The lowest BCUT2D eigenvalue weighted by Gasteiger charge is -2.32. The standard InChI is InChI=1S/C15H16F4N2O2/c1-9(2)6-12-8-14(23,15(17,18)19)21(20-12)13(22)10-4-3-5-11(16)7-10/h3-5,7,9,23H,6,8H2,1-2H3/t14-/m1/s1. The average Bonchev–Trinajstić information content (AvgIpc) is 2.74. The Bertz CT molecular complexity index is 643. The number of benzene rings is 1. The van der Waals surface area contributed by atoms with E-state index in [-0.39, 0.29) is 28.6 Å². The Hall–Kier alpha value is -1.96. The zero-order valence-electron chi connectivity index (χ0n) is 12.6. The van der Waals surface area contributed by atoms with Gasteiger partial charge in [-0.15, -0.1) is 0 Å². The van der Waals surface area contributed by atoms with Crippen LogP contribution in [0.4, 0.5) is 17.6 Å². The molecule has 0 saturated carbocycles. The van der Waals surface area contributed by atoms with E-state index in [1.807, 2.05) is 0 Å². The number of rotatable bonds is 3. The predicted molar refractivity (Wildman–Crippen MR) is 75.1 cm³/mol.